The maximum atomic E-state index is 12.4. The number of benzene rings is 1. The van der Waals surface area contributed by atoms with Crippen LogP contribution >= 0.6 is 23.7 Å². The number of fused-ring (bicyclic) bond motifs is 1. The van der Waals surface area contributed by atoms with Gasteiger partial charge in [0, 0.05) is 17.5 Å². The Morgan fingerprint density at radius 3 is 2.91 bits per heavy atom. The Morgan fingerprint density at radius 2 is 2.17 bits per heavy atom. The second kappa shape index (κ2) is 7.95. The number of hydrogen-bond donors (Lipinski definition) is 2. The highest BCUT2D eigenvalue weighted by atomic mass is 35.5. The highest BCUT2D eigenvalue weighted by Gasteiger charge is 2.20. The molecule has 3 rings (SSSR count). The minimum absolute atomic E-state index is 0. The number of nitrogens with one attached hydrogen (secondary N) is 2. The molecule has 23 heavy (non-hydrogen) atoms. The molecule has 0 fully saturated rings. The maximum Gasteiger partial charge on any atom is 0.261 e. The molecule has 0 spiro atoms. The molecular formula is C18H23ClN2OS. The predicted molar refractivity (Wildman–Crippen MR) is 98.9 cm³/mol. The summed E-state index contributed by atoms with van der Waals surface area (Å²) in [5, 5.41) is 6.58. The number of hydrogen-bond acceptors (Lipinski definition) is 3. The van der Waals surface area contributed by atoms with Crippen LogP contribution in [0.5, 0.6) is 0 Å². The summed E-state index contributed by atoms with van der Waals surface area (Å²) in [6.45, 7) is 5.80. The lowest BCUT2D eigenvalue weighted by Crippen LogP contribution is -2.38. The standard InChI is InChI=1S/C18H22N2OS.ClH/c1-3-16-12(2)10-17(22-16)18(21)20-11-15-14-7-5-4-6-13(14)8-9-19-15;/h4-7,10,15,19H,3,8-9,11H2,1-2H3,(H,20,21);1H. The molecule has 0 saturated carbocycles. The van der Waals surface area contributed by atoms with E-state index in [1.54, 1.807) is 11.3 Å². The molecule has 1 aliphatic rings. The maximum absolute atomic E-state index is 12.4. The van der Waals surface area contributed by atoms with Crippen LogP contribution < -0.4 is 10.6 Å². The number of carbonyl (C=O) groups is 1. The second-order valence-electron chi connectivity index (χ2n) is 5.74. The van der Waals surface area contributed by atoms with Crippen molar-refractivity contribution in [1.82, 2.24) is 10.6 Å². The largest absolute Gasteiger partial charge is 0.349 e. The van der Waals surface area contributed by atoms with Crippen LogP contribution in [-0.2, 0) is 12.8 Å². The minimum atomic E-state index is 0. The first-order valence-electron chi connectivity index (χ1n) is 7.87. The van der Waals surface area contributed by atoms with Crippen molar-refractivity contribution >= 4 is 29.7 Å². The van der Waals surface area contributed by atoms with Gasteiger partial charge in [-0.25, -0.2) is 0 Å². The fourth-order valence-corrected chi connectivity index (χ4v) is 4.07. The summed E-state index contributed by atoms with van der Waals surface area (Å²) in [7, 11) is 0. The van der Waals surface area contributed by atoms with Gasteiger partial charge in [0.25, 0.3) is 5.91 Å². The van der Waals surface area contributed by atoms with Crippen LogP contribution in [0.15, 0.2) is 30.3 Å². The summed E-state index contributed by atoms with van der Waals surface area (Å²) in [6, 6.07) is 10.7. The number of amides is 1. The molecule has 1 aliphatic heterocycles. The third-order valence-corrected chi connectivity index (χ3v) is 5.63. The van der Waals surface area contributed by atoms with E-state index in [4.69, 9.17) is 0 Å². The molecular weight excluding hydrogens is 328 g/mol. The van der Waals surface area contributed by atoms with Crippen molar-refractivity contribution < 1.29 is 4.79 Å². The van der Waals surface area contributed by atoms with Crippen molar-refractivity contribution in [1.29, 1.82) is 0 Å². The van der Waals surface area contributed by atoms with Crippen molar-refractivity contribution in [3.63, 3.8) is 0 Å². The van der Waals surface area contributed by atoms with Gasteiger partial charge < -0.3 is 10.6 Å². The van der Waals surface area contributed by atoms with Crippen LogP contribution in [0.3, 0.4) is 0 Å². The van der Waals surface area contributed by atoms with Crippen LogP contribution in [0.1, 0.15) is 44.2 Å². The Balaban J connectivity index is 0.00000192. The fraction of sp³-hybridized carbons (Fsp3) is 0.389. The zero-order valence-corrected chi connectivity index (χ0v) is 15.2. The van der Waals surface area contributed by atoms with E-state index in [1.165, 1.54) is 21.6 Å². The molecule has 1 aromatic heterocycles. The van der Waals surface area contributed by atoms with Gasteiger partial charge in [-0.05, 0) is 49.1 Å². The van der Waals surface area contributed by atoms with E-state index in [0.717, 1.165) is 24.3 Å². The molecule has 0 aliphatic carbocycles. The molecule has 2 heterocycles. The van der Waals surface area contributed by atoms with E-state index >= 15 is 0 Å². The van der Waals surface area contributed by atoms with Gasteiger partial charge in [-0.3, -0.25) is 4.79 Å². The first kappa shape index (κ1) is 18.0. The summed E-state index contributed by atoms with van der Waals surface area (Å²) in [5.41, 5.74) is 3.92. The smallest absolute Gasteiger partial charge is 0.261 e. The number of halogens is 1. The van der Waals surface area contributed by atoms with E-state index in [2.05, 4.69) is 48.7 Å². The van der Waals surface area contributed by atoms with E-state index in [-0.39, 0.29) is 24.4 Å². The summed E-state index contributed by atoms with van der Waals surface area (Å²) in [5.74, 6) is 0.0395. The van der Waals surface area contributed by atoms with Crippen LogP contribution in [0.25, 0.3) is 0 Å². The van der Waals surface area contributed by atoms with Gasteiger partial charge in [0.2, 0.25) is 0 Å². The lowest BCUT2D eigenvalue weighted by molar-refractivity contribution is 0.0953. The Bertz CT molecular complexity index is 683. The van der Waals surface area contributed by atoms with Crippen molar-refractivity contribution in [3.05, 3.63) is 56.8 Å². The molecule has 1 atom stereocenters. The van der Waals surface area contributed by atoms with Gasteiger partial charge in [-0.2, -0.15) is 0 Å². The average molecular weight is 351 g/mol. The molecule has 2 aromatic rings. The summed E-state index contributed by atoms with van der Waals surface area (Å²) in [6.07, 6.45) is 2.05. The molecule has 3 nitrogen and oxygen atoms in total. The third-order valence-electron chi connectivity index (χ3n) is 4.25. The van der Waals surface area contributed by atoms with Crippen molar-refractivity contribution in [2.75, 3.05) is 13.1 Å². The molecule has 1 amide bonds. The fourth-order valence-electron chi connectivity index (χ4n) is 3.04. The van der Waals surface area contributed by atoms with Crippen LogP contribution in [0.4, 0.5) is 0 Å². The first-order valence-corrected chi connectivity index (χ1v) is 8.69. The Morgan fingerprint density at radius 1 is 1.39 bits per heavy atom. The van der Waals surface area contributed by atoms with Gasteiger partial charge >= 0.3 is 0 Å². The molecule has 2 N–H and O–H groups in total. The first-order chi connectivity index (χ1) is 10.7. The van der Waals surface area contributed by atoms with Crippen LogP contribution in [0, 0.1) is 6.92 Å². The Kier molecular flexibility index (Phi) is 6.22. The third kappa shape index (κ3) is 3.94. The van der Waals surface area contributed by atoms with Gasteiger partial charge in [-0.15, -0.1) is 23.7 Å². The normalized spacial score (nSPS) is 16.3. The minimum Gasteiger partial charge on any atom is -0.349 e. The molecule has 124 valence electrons. The van der Waals surface area contributed by atoms with E-state index < -0.39 is 0 Å². The second-order valence-corrected chi connectivity index (χ2v) is 6.87. The van der Waals surface area contributed by atoms with Crippen molar-refractivity contribution in [3.8, 4) is 0 Å². The number of aryl methyl sites for hydroxylation is 2. The molecule has 0 radical (unpaired) electrons. The Labute approximate surface area is 147 Å². The van der Waals surface area contributed by atoms with Crippen LogP contribution in [0.2, 0.25) is 0 Å². The topological polar surface area (TPSA) is 41.1 Å². The number of rotatable bonds is 4. The lowest BCUT2D eigenvalue weighted by Gasteiger charge is -2.27. The molecule has 1 aromatic carbocycles. The van der Waals surface area contributed by atoms with Gasteiger partial charge in [0.1, 0.15) is 0 Å². The quantitative estimate of drug-likeness (QED) is 0.883. The van der Waals surface area contributed by atoms with Crippen molar-refractivity contribution in [2.24, 2.45) is 0 Å². The zero-order valence-electron chi connectivity index (χ0n) is 13.5. The number of thiophene rings is 1. The van der Waals surface area contributed by atoms with Crippen LogP contribution in [-0.4, -0.2) is 19.0 Å². The highest BCUT2D eigenvalue weighted by Crippen LogP contribution is 2.24. The molecule has 5 heteroatoms. The van der Waals surface area contributed by atoms with Crippen molar-refractivity contribution in [2.45, 2.75) is 32.7 Å². The summed E-state index contributed by atoms with van der Waals surface area (Å²) >= 11 is 1.61. The molecule has 0 bridgehead atoms. The Hall–Kier alpha value is -1.36. The number of carbonyl (C=O) groups excluding carboxylic acids is 1. The SMILES string of the molecule is CCc1sc(C(=O)NCC2NCCc3ccccc32)cc1C.Cl. The zero-order chi connectivity index (χ0) is 15.5. The lowest BCUT2D eigenvalue weighted by atomic mass is 9.94. The van der Waals surface area contributed by atoms with Gasteiger partial charge in [0.15, 0.2) is 0 Å². The van der Waals surface area contributed by atoms with Gasteiger partial charge in [-0.1, -0.05) is 31.2 Å². The average Bonchev–Trinajstić information content (AvgIpc) is 2.93. The van der Waals surface area contributed by atoms with E-state index in [9.17, 15) is 4.79 Å². The highest BCUT2D eigenvalue weighted by molar-refractivity contribution is 7.14. The van der Waals surface area contributed by atoms with Gasteiger partial charge in [0.05, 0.1) is 4.88 Å². The monoisotopic (exact) mass is 350 g/mol. The summed E-state index contributed by atoms with van der Waals surface area (Å²) in [4.78, 5) is 14.5. The molecule has 0 saturated heterocycles. The predicted octanol–water partition coefficient (Wildman–Crippen LogP) is 3.66. The van der Waals surface area contributed by atoms with E-state index in [0.29, 0.717) is 6.54 Å². The van der Waals surface area contributed by atoms with E-state index in [1.807, 2.05) is 6.07 Å². The molecule has 1 unspecified atom stereocenters. The summed E-state index contributed by atoms with van der Waals surface area (Å²) < 4.78 is 0.